The molecule has 11 heteroatoms. The molecule has 356 valence electrons. The number of anilines is 3. The van der Waals surface area contributed by atoms with E-state index in [1.165, 1.54) is 11.3 Å². The SMILES string of the molecule is CCN(CC)c1ccc2oc(-c3ccc(-c4ccc(-c5nc6cc(C)ccc6o5)cc4)cc3)nc2c1.CN(C)c1ccc2oc(-c3ccc(-c4ccc(-c5nc6cc(N(C)C)ccc6o5)cc4)cc3)nc2c1. The molecular weight excluding hydrogens is 895 g/mol. The van der Waals surface area contributed by atoms with Crippen molar-refractivity contribution in [2.75, 3.05) is 56.0 Å². The van der Waals surface area contributed by atoms with Crippen molar-refractivity contribution < 1.29 is 17.7 Å². The van der Waals surface area contributed by atoms with Gasteiger partial charge in [-0.3, -0.25) is 0 Å². The lowest BCUT2D eigenvalue weighted by atomic mass is 10.0. The van der Waals surface area contributed by atoms with E-state index < -0.39 is 0 Å². The molecule has 0 aliphatic carbocycles. The molecule has 0 bridgehead atoms. The summed E-state index contributed by atoms with van der Waals surface area (Å²) in [5.41, 5.74) is 19.5. The van der Waals surface area contributed by atoms with Crippen LogP contribution in [0.4, 0.5) is 17.1 Å². The van der Waals surface area contributed by atoms with Gasteiger partial charge in [-0.1, -0.05) is 54.6 Å². The van der Waals surface area contributed by atoms with Crippen LogP contribution in [-0.4, -0.2) is 61.2 Å². The van der Waals surface area contributed by atoms with Crippen molar-refractivity contribution in [3.8, 4) is 68.1 Å². The number of oxazole rings is 4. The largest absolute Gasteiger partial charge is 0.436 e. The number of aromatic nitrogens is 4. The minimum Gasteiger partial charge on any atom is -0.436 e. The zero-order valence-corrected chi connectivity index (χ0v) is 41.3. The maximum atomic E-state index is 6.05. The lowest BCUT2D eigenvalue weighted by molar-refractivity contribution is 0.619. The average molecular weight is 948 g/mol. The summed E-state index contributed by atoms with van der Waals surface area (Å²) in [7, 11) is 8.06. The molecule has 0 amide bonds. The number of nitrogens with zero attached hydrogens (tertiary/aromatic N) is 7. The molecule has 0 saturated heterocycles. The van der Waals surface area contributed by atoms with E-state index in [2.05, 4.69) is 125 Å². The lowest BCUT2D eigenvalue weighted by Gasteiger charge is -2.20. The van der Waals surface area contributed by atoms with Crippen molar-refractivity contribution in [1.29, 1.82) is 0 Å². The molecule has 72 heavy (non-hydrogen) atoms. The van der Waals surface area contributed by atoms with Crippen LogP contribution in [0, 0.1) is 6.92 Å². The molecule has 8 aromatic carbocycles. The van der Waals surface area contributed by atoms with Gasteiger partial charge in [-0.05, 0) is 164 Å². The Kier molecular flexibility index (Phi) is 12.1. The smallest absolute Gasteiger partial charge is 0.227 e. The number of fused-ring (bicyclic) bond motifs is 4. The van der Waals surface area contributed by atoms with Crippen LogP contribution in [0.2, 0.25) is 0 Å². The van der Waals surface area contributed by atoms with Crippen LogP contribution < -0.4 is 14.7 Å². The molecule has 0 unspecified atom stereocenters. The first-order valence-electron chi connectivity index (χ1n) is 24.2. The van der Waals surface area contributed by atoms with Gasteiger partial charge in [0, 0.05) is 80.6 Å². The molecule has 0 N–H and O–H groups in total. The molecule has 4 heterocycles. The van der Waals surface area contributed by atoms with Crippen LogP contribution in [0.15, 0.2) is 188 Å². The number of hydrogen-bond donors (Lipinski definition) is 0. The summed E-state index contributed by atoms with van der Waals surface area (Å²) in [4.78, 5) is 25.2. The van der Waals surface area contributed by atoms with Gasteiger partial charge in [0.15, 0.2) is 22.3 Å². The number of hydrogen-bond acceptors (Lipinski definition) is 11. The van der Waals surface area contributed by atoms with Crippen LogP contribution in [0.3, 0.4) is 0 Å². The lowest BCUT2D eigenvalue weighted by Crippen LogP contribution is -2.21. The number of rotatable bonds is 11. The van der Waals surface area contributed by atoms with Crippen molar-refractivity contribution in [3.63, 3.8) is 0 Å². The van der Waals surface area contributed by atoms with E-state index in [9.17, 15) is 0 Å². The topological polar surface area (TPSA) is 114 Å². The van der Waals surface area contributed by atoms with Gasteiger partial charge in [-0.25, -0.2) is 19.9 Å². The first-order chi connectivity index (χ1) is 35.0. The predicted octanol–water partition coefficient (Wildman–Crippen LogP) is 15.2. The molecule has 0 saturated carbocycles. The monoisotopic (exact) mass is 947 g/mol. The van der Waals surface area contributed by atoms with Crippen LogP contribution >= 0.6 is 0 Å². The molecule has 0 spiro atoms. The van der Waals surface area contributed by atoms with Crippen LogP contribution in [0.25, 0.3) is 112 Å². The van der Waals surface area contributed by atoms with Crippen molar-refractivity contribution in [2.45, 2.75) is 20.8 Å². The number of aryl methyl sites for hydroxylation is 1. The number of benzene rings is 8. The zero-order chi connectivity index (χ0) is 49.5. The van der Waals surface area contributed by atoms with Crippen molar-refractivity contribution in [3.05, 3.63) is 175 Å². The van der Waals surface area contributed by atoms with Gasteiger partial charge < -0.3 is 32.4 Å². The second-order valence-electron chi connectivity index (χ2n) is 18.3. The second-order valence-corrected chi connectivity index (χ2v) is 18.3. The normalized spacial score (nSPS) is 11.4. The summed E-state index contributed by atoms with van der Waals surface area (Å²) in [6.07, 6.45) is 0. The van der Waals surface area contributed by atoms with Gasteiger partial charge in [0.2, 0.25) is 23.6 Å². The van der Waals surface area contributed by atoms with Gasteiger partial charge in [0.05, 0.1) is 0 Å². The Bertz CT molecular complexity index is 3710. The third-order valence-corrected chi connectivity index (χ3v) is 13.0. The summed E-state index contributed by atoms with van der Waals surface area (Å²) in [5, 5.41) is 0. The van der Waals surface area contributed by atoms with Crippen molar-refractivity contribution in [2.24, 2.45) is 0 Å². The highest BCUT2D eigenvalue weighted by Gasteiger charge is 2.15. The first kappa shape index (κ1) is 45.5. The van der Waals surface area contributed by atoms with Gasteiger partial charge in [-0.2, -0.15) is 0 Å². The maximum Gasteiger partial charge on any atom is 0.227 e. The predicted molar refractivity (Wildman–Crippen MR) is 293 cm³/mol. The average Bonchev–Trinajstić information content (AvgIpc) is 4.24. The quantitative estimate of drug-likeness (QED) is 0.123. The molecular formula is C61H53N7O4. The highest BCUT2D eigenvalue weighted by molar-refractivity contribution is 5.84. The minimum atomic E-state index is 0.621. The Balaban J connectivity index is 0.000000156. The van der Waals surface area contributed by atoms with Gasteiger partial charge in [-0.15, -0.1) is 0 Å². The van der Waals surface area contributed by atoms with E-state index in [4.69, 9.17) is 32.6 Å². The van der Waals surface area contributed by atoms with Gasteiger partial charge >= 0.3 is 0 Å². The van der Waals surface area contributed by atoms with E-state index in [-0.39, 0.29) is 0 Å². The Morgan fingerprint density at radius 1 is 0.319 bits per heavy atom. The van der Waals surface area contributed by atoms with E-state index in [1.807, 2.05) is 113 Å². The van der Waals surface area contributed by atoms with E-state index >= 15 is 0 Å². The fraction of sp³-hybridized carbons (Fsp3) is 0.148. The Morgan fingerprint density at radius 2 is 0.583 bits per heavy atom. The molecule has 12 rings (SSSR count). The zero-order valence-electron chi connectivity index (χ0n) is 41.3. The van der Waals surface area contributed by atoms with Gasteiger partial charge in [0.25, 0.3) is 0 Å². The molecule has 0 atom stereocenters. The highest BCUT2D eigenvalue weighted by Crippen LogP contribution is 2.34. The Morgan fingerprint density at radius 3 is 0.889 bits per heavy atom. The summed E-state index contributed by atoms with van der Waals surface area (Å²) >= 11 is 0. The Labute approximate surface area is 417 Å². The summed E-state index contributed by atoms with van der Waals surface area (Å²) in [5.74, 6) is 2.51. The molecule has 0 aliphatic heterocycles. The van der Waals surface area contributed by atoms with Gasteiger partial charge in [0.1, 0.15) is 22.1 Å². The van der Waals surface area contributed by atoms with E-state index in [1.54, 1.807) is 0 Å². The van der Waals surface area contributed by atoms with Crippen molar-refractivity contribution in [1.82, 2.24) is 19.9 Å². The maximum absolute atomic E-state index is 6.05. The molecule has 0 aliphatic rings. The molecule has 0 fully saturated rings. The third kappa shape index (κ3) is 9.15. The molecule has 0 radical (unpaired) electrons. The van der Waals surface area contributed by atoms with Crippen LogP contribution in [0.5, 0.6) is 0 Å². The second kappa shape index (κ2) is 19.1. The van der Waals surface area contributed by atoms with E-state index in [0.717, 1.165) is 113 Å². The van der Waals surface area contributed by atoms with E-state index in [0.29, 0.717) is 23.6 Å². The highest BCUT2D eigenvalue weighted by atomic mass is 16.4. The molecule has 12 aromatic rings. The van der Waals surface area contributed by atoms with Crippen LogP contribution in [-0.2, 0) is 0 Å². The Hall–Kier alpha value is -8.96. The molecule has 11 nitrogen and oxygen atoms in total. The molecule has 4 aromatic heterocycles. The summed E-state index contributed by atoms with van der Waals surface area (Å²) in [6, 6.07) is 57.5. The van der Waals surface area contributed by atoms with Crippen LogP contribution in [0.1, 0.15) is 19.4 Å². The third-order valence-electron chi connectivity index (χ3n) is 13.0. The minimum absolute atomic E-state index is 0.621. The fourth-order valence-electron chi connectivity index (χ4n) is 8.84. The first-order valence-corrected chi connectivity index (χ1v) is 24.2. The summed E-state index contributed by atoms with van der Waals surface area (Å²) < 4.78 is 24.0. The standard InChI is InChI=1S/C31H27N3O2.C30H26N4O2/c1-4-34(5-2)25-15-17-29-27(19-25)33-31(36-29)24-13-9-22(10-14-24)21-7-11-23(12-8-21)30-32-26-18-20(3)6-16-28(26)35-30;1-33(2)23-13-15-27-25(17-23)31-29(35-27)21-9-5-19(6-10-21)20-7-11-22(12-8-20)30-32-26-18-24(34(3)4)14-16-28(26)36-30/h6-19H,4-5H2,1-3H3;5-18H,1-4H3. The fourth-order valence-corrected chi connectivity index (χ4v) is 8.84. The summed E-state index contributed by atoms with van der Waals surface area (Å²) in [6.45, 7) is 8.30. The van der Waals surface area contributed by atoms with Crippen molar-refractivity contribution >= 4 is 61.5 Å².